The molecule has 1 unspecified atom stereocenters. The molecule has 0 heterocycles. The van der Waals surface area contributed by atoms with Crippen LogP contribution in [0.25, 0.3) is 0 Å². The van der Waals surface area contributed by atoms with E-state index in [0.29, 0.717) is 11.0 Å². The summed E-state index contributed by atoms with van der Waals surface area (Å²) in [5.41, 5.74) is 6.36. The molecule has 2 N–H and O–H groups in total. The molecule has 0 aliphatic carbocycles. The predicted molar refractivity (Wildman–Crippen MR) is 64.2 cm³/mol. The molecule has 2 rings (SSSR count). The van der Waals surface area contributed by atoms with Crippen molar-refractivity contribution in [2.45, 2.75) is 0 Å². The molecule has 15 heavy (non-hydrogen) atoms. The van der Waals surface area contributed by atoms with Crippen molar-refractivity contribution >= 4 is 24.1 Å². The van der Waals surface area contributed by atoms with Gasteiger partial charge in [0.1, 0.15) is 7.80 Å². The van der Waals surface area contributed by atoms with Gasteiger partial charge in [-0.05, 0) is 24.3 Å². The van der Waals surface area contributed by atoms with Crippen LogP contribution in [0.15, 0.2) is 54.6 Å². The second kappa shape index (κ2) is 4.24. The number of nitrogen functional groups attached to an aromatic ring is 1. The topological polar surface area (TPSA) is 43.1 Å². The van der Waals surface area contributed by atoms with Gasteiger partial charge in [-0.3, -0.25) is 4.57 Å². The summed E-state index contributed by atoms with van der Waals surface area (Å²) in [5.74, 6) is 0. The van der Waals surface area contributed by atoms with Crippen LogP contribution in [-0.4, -0.2) is 0 Å². The average molecular weight is 216 g/mol. The van der Waals surface area contributed by atoms with Gasteiger partial charge >= 0.3 is 0 Å². The lowest BCUT2D eigenvalue weighted by atomic mass is 10.3. The van der Waals surface area contributed by atoms with E-state index in [9.17, 15) is 4.57 Å². The van der Waals surface area contributed by atoms with E-state index < -0.39 is 7.80 Å². The standard InChI is InChI=1S/C12H11NOP/c13-11-8-4-5-9-12(11)15(14)10-6-2-1-3-7-10/h1-9H,13H2. The SMILES string of the molecule is Nc1ccccc1[P](=O)c1ccccc1. The summed E-state index contributed by atoms with van der Waals surface area (Å²) in [6.45, 7) is 0. The molecule has 2 aromatic rings. The zero-order valence-electron chi connectivity index (χ0n) is 8.13. The number of para-hydroxylation sites is 1. The molecule has 3 heteroatoms. The highest BCUT2D eigenvalue weighted by Gasteiger charge is 2.09. The van der Waals surface area contributed by atoms with Crippen LogP contribution in [0, 0.1) is 0 Å². The Labute approximate surface area is 89.5 Å². The normalized spacial score (nSPS) is 11.1. The molecule has 0 spiro atoms. The molecular formula is C12H11NOP. The number of rotatable bonds is 2. The minimum atomic E-state index is -1.57. The van der Waals surface area contributed by atoms with Crippen molar-refractivity contribution in [3.63, 3.8) is 0 Å². The molecule has 0 amide bonds. The van der Waals surface area contributed by atoms with E-state index in [-0.39, 0.29) is 0 Å². The molecule has 75 valence electrons. The molecular weight excluding hydrogens is 205 g/mol. The third-order valence-electron chi connectivity index (χ3n) is 2.15. The first-order valence-corrected chi connectivity index (χ1v) is 5.92. The molecule has 1 radical (unpaired) electrons. The quantitative estimate of drug-likeness (QED) is 0.616. The lowest BCUT2D eigenvalue weighted by molar-refractivity contribution is 0.598. The summed E-state index contributed by atoms with van der Waals surface area (Å²) in [4.78, 5) is 0. The smallest absolute Gasteiger partial charge is 0.138 e. The van der Waals surface area contributed by atoms with Gasteiger partial charge in [0, 0.05) is 11.0 Å². The molecule has 0 aliphatic rings. The average Bonchev–Trinajstić information content (AvgIpc) is 2.30. The third kappa shape index (κ3) is 2.05. The Morgan fingerprint density at radius 2 is 1.47 bits per heavy atom. The number of hydrogen-bond acceptors (Lipinski definition) is 2. The first kappa shape index (κ1) is 9.88. The van der Waals surface area contributed by atoms with Gasteiger partial charge < -0.3 is 5.73 Å². The third-order valence-corrected chi connectivity index (χ3v) is 3.76. The highest BCUT2D eigenvalue weighted by Crippen LogP contribution is 2.22. The van der Waals surface area contributed by atoms with Crippen LogP contribution in [0.5, 0.6) is 0 Å². The van der Waals surface area contributed by atoms with Crippen molar-refractivity contribution in [2.24, 2.45) is 0 Å². The lowest BCUT2D eigenvalue weighted by Gasteiger charge is -2.04. The number of anilines is 1. The van der Waals surface area contributed by atoms with E-state index in [0.717, 1.165) is 5.30 Å². The minimum Gasteiger partial charge on any atom is -0.398 e. The lowest BCUT2D eigenvalue weighted by Crippen LogP contribution is -2.10. The van der Waals surface area contributed by atoms with E-state index in [1.54, 1.807) is 12.1 Å². The largest absolute Gasteiger partial charge is 0.398 e. The van der Waals surface area contributed by atoms with Gasteiger partial charge in [-0.2, -0.15) is 0 Å². The Hall–Kier alpha value is -1.66. The second-order valence-corrected chi connectivity index (χ2v) is 4.78. The van der Waals surface area contributed by atoms with Crippen LogP contribution in [0.2, 0.25) is 0 Å². The van der Waals surface area contributed by atoms with Crippen LogP contribution in [-0.2, 0) is 4.57 Å². The molecule has 0 saturated heterocycles. The van der Waals surface area contributed by atoms with E-state index in [1.165, 1.54) is 0 Å². The van der Waals surface area contributed by atoms with E-state index >= 15 is 0 Å². The molecule has 0 bridgehead atoms. The maximum absolute atomic E-state index is 12.1. The van der Waals surface area contributed by atoms with E-state index in [1.807, 2.05) is 42.5 Å². The highest BCUT2D eigenvalue weighted by molar-refractivity contribution is 7.61. The predicted octanol–water partition coefficient (Wildman–Crippen LogP) is 2.05. The van der Waals surface area contributed by atoms with Gasteiger partial charge in [-0.1, -0.05) is 30.3 Å². The summed E-state index contributed by atoms with van der Waals surface area (Å²) < 4.78 is 12.1. The Morgan fingerprint density at radius 1 is 0.867 bits per heavy atom. The number of hydrogen-bond donors (Lipinski definition) is 1. The van der Waals surface area contributed by atoms with Crippen molar-refractivity contribution in [2.75, 3.05) is 5.73 Å². The van der Waals surface area contributed by atoms with Crippen LogP contribution >= 0.6 is 7.80 Å². The minimum absolute atomic E-state index is 0.586. The van der Waals surface area contributed by atoms with Gasteiger partial charge in [-0.25, -0.2) is 0 Å². The van der Waals surface area contributed by atoms with Crippen LogP contribution < -0.4 is 16.3 Å². The monoisotopic (exact) mass is 216 g/mol. The maximum atomic E-state index is 12.1. The van der Waals surface area contributed by atoms with Crippen molar-refractivity contribution in [1.29, 1.82) is 0 Å². The fourth-order valence-corrected chi connectivity index (χ4v) is 2.63. The van der Waals surface area contributed by atoms with E-state index in [2.05, 4.69) is 0 Å². The first-order chi connectivity index (χ1) is 7.29. The molecule has 0 saturated carbocycles. The van der Waals surface area contributed by atoms with Gasteiger partial charge in [0.05, 0.1) is 5.30 Å². The number of nitrogens with two attached hydrogens (primary N) is 1. The highest BCUT2D eigenvalue weighted by atomic mass is 31.1. The molecule has 1 atom stereocenters. The zero-order chi connectivity index (χ0) is 10.7. The summed E-state index contributed by atoms with van der Waals surface area (Å²) in [5, 5.41) is 1.52. The van der Waals surface area contributed by atoms with Gasteiger partial charge in [0.25, 0.3) is 0 Å². The van der Waals surface area contributed by atoms with Gasteiger partial charge in [0.2, 0.25) is 0 Å². The Kier molecular flexibility index (Phi) is 2.79. The molecule has 2 nitrogen and oxygen atoms in total. The van der Waals surface area contributed by atoms with Crippen molar-refractivity contribution in [3.8, 4) is 0 Å². The van der Waals surface area contributed by atoms with Crippen LogP contribution in [0.1, 0.15) is 0 Å². The van der Waals surface area contributed by atoms with Gasteiger partial charge in [0.15, 0.2) is 0 Å². The molecule has 0 aromatic heterocycles. The maximum Gasteiger partial charge on any atom is 0.138 e. The molecule has 0 aliphatic heterocycles. The Morgan fingerprint density at radius 3 is 2.13 bits per heavy atom. The fraction of sp³-hybridized carbons (Fsp3) is 0. The second-order valence-electron chi connectivity index (χ2n) is 3.19. The fourth-order valence-electron chi connectivity index (χ4n) is 1.37. The Bertz CT molecular complexity index is 482. The Balaban J connectivity index is 2.42. The van der Waals surface area contributed by atoms with Gasteiger partial charge in [-0.15, -0.1) is 0 Å². The van der Waals surface area contributed by atoms with Crippen LogP contribution in [0.4, 0.5) is 5.69 Å². The molecule has 0 fully saturated rings. The first-order valence-electron chi connectivity index (χ1n) is 4.66. The van der Waals surface area contributed by atoms with Crippen LogP contribution in [0.3, 0.4) is 0 Å². The summed E-state index contributed by atoms with van der Waals surface area (Å²) in [7, 11) is -1.57. The zero-order valence-corrected chi connectivity index (χ0v) is 9.02. The van der Waals surface area contributed by atoms with Crippen molar-refractivity contribution in [3.05, 3.63) is 54.6 Å². The van der Waals surface area contributed by atoms with Crippen molar-refractivity contribution < 1.29 is 4.57 Å². The number of benzene rings is 2. The van der Waals surface area contributed by atoms with E-state index in [4.69, 9.17) is 5.73 Å². The van der Waals surface area contributed by atoms with Crippen molar-refractivity contribution in [1.82, 2.24) is 0 Å². The summed E-state index contributed by atoms with van der Waals surface area (Å²) >= 11 is 0. The molecule has 2 aromatic carbocycles. The summed E-state index contributed by atoms with van der Waals surface area (Å²) in [6, 6.07) is 16.6. The summed E-state index contributed by atoms with van der Waals surface area (Å²) in [6.07, 6.45) is 0.